The Kier molecular flexibility index (Phi) is 4.37. The zero-order valence-corrected chi connectivity index (χ0v) is 12.4. The van der Waals surface area contributed by atoms with Crippen LogP contribution >= 0.6 is 11.3 Å². The number of aryl methyl sites for hydroxylation is 2. The van der Waals surface area contributed by atoms with E-state index in [4.69, 9.17) is 0 Å². The molecule has 0 atom stereocenters. The zero-order valence-electron chi connectivity index (χ0n) is 11.6. The van der Waals surface area contributed by atoms with E-state index in [9.17, 15) is 4.79 Å². The fourth-order valence-corrected chi connectivity index (χ4v) is 2.84. The number of hydrogen-bond donors (Lipinski definition) is 1. The fourth-order valence-electron chi connectivity index (χ4n) is 2.14. The highest BCUT2D eigenvalue weighted by Gasteiger charge is 2.09. The molecule has 1 N–H and O–H groups in total. The van der Waals surface area contributed by atoms with Crippen molar-refractivity contribution in [1.82, 2.24) is 15.1 Å². The second-order valence-corrected chi connectivity index (χ2v) is 5.66. The molecule has 2 heterocycles. The average molecular weight is 277 g/mol. The minimum Gasteiger partial charge on any atom is -0.355 e. The third kappa shape index (κ3) is 3.44. The van der Waals surface area contributed by atoms with Gasteiger partial charge in [-0.2, -0.15) is 5.10 Å². The Morgan fingerprint density at radius 2 is 2.26 bits per heavy atom. The van der Waals surface area contributed by atoms with Gasteiger partial charge in [0.15, 0.2) is 0 Å². The van der Waals surface area contributed by atoms with Crippen LogP contribution in [0.4, 0.5) is 0 Å². The fraction of sp³-hybridized carbons (Fsp3) is 0.429. The van der Waals surface area contributed by atoms with E-state index in [-0.39, 0.29) is 5.91 Å². The first-order valence-corrected chi connectivity index (χ1v) is 7.24. The summed E-state index contributed by atoms with van der Waals surface area (Å²) in [5, 5.41) is 9.33. The summed E-state index contributed by atoms with van der Waals surface area (Å²) < 4.78 is 1.89. The van der Waals surface area contributed by atoms with Crippen molar-refractivity contribution >= 4 is 17.2 Å². The summed E-state index contributed by atoms with van der Waals surface area (Å²) in [6, 6.07) is 3.95. The second-order valence-electron chi connectivity index (χ2n) is 4.63. The van der Waals surface area contributed by atoms with Crippen LogP contribution in [0, 0.1) is 13.8 Å². The molecule has 0 fully saturated rings. The van der Waals surface area contributed by atoms with Gasteiger partial charge in [0.2, 0.25) is 5.91 Å². The number of thiophene rings is 1. The van der Waals surface area contributed by atoms with Gasteiger partial charge in [-0.05, 0) is 37.3 Å². The average Bonchev–Trinajstić information content (AvgIpc) is 2.93. The highest BCUT2D eigenvalue weighted by atomic mass is 32.1. The molecule has 0 aliphatic rings. The maximum Gasteiger partial charge on any atom is 0.225 e. The van der Waals surface area contributed by atoms with E-state index in [2.05, 4.69) is 17.3 Å². The predicted molar refractivity (Wildman–Crippen MR) is 77.4 cm³/mol. The molecule has 0 aliphatic heterocycles. The van der Waals surface area contributed by atoms with Gasteiger partial charge in [0.25, 0.3) is 0 Å². The lowest BCUT2D eigenvalue weighted by atomic mass is 10.1. The van der Waals surface area contributed by atoms with Gasteiger partial charge < -0.3 is 5.32 Å². The van der Waals surface area contributed by atoms with Crippen molar-refractivity contribution in [3.8, 4) is 0 Å². The monoisotopic (exact) mass is 277 g/mol. The van der Waals surface area contributed by atoms with Crippen LogP contribution in [0.25, 0.3) is 0 Å². The molecule has 0 spiro atoms. The standard InChI is InChI=1S/C14H19N3OS/c1-10-13(11(2)17(3)16-10)6-7-15-14(18)9-12-5-4-8-19-12/h4-5,8H,6-7,9H2,1-3H3,(H,15,18). The number of carbonyl (C=O) groups is 1. The SMILES string of the molecule is Cc1nn(C)c(C)c1CCNC(=O)Cc1cccs1. The number of hydrogen-bond acceptors (Lipinski definition) is 3. The van der Waals surface area contributed by atoms with Crippen LogP contribution < -0.4 is 5.32 Å². The summed E-state index contributed by atoms with van der Waals surface area (Å²) in [5.74, 6) is 0.0849. The van der Waals surface area contributed by atoms with E-state index >= 15 is 0 Å². The van der Waals surface area contributed by atoms with Gasteiger partial charge in [-0.3, -0.25) is 9.48 Å². The maximum atomic E-state index is 11.8. The van der Waals surface area contributed by atoms with E-state index in [0.29, 0.717) is 13.0 Å². The first-order chi connectivity index (χ1) is 9.08. The van der Waals surface area contributed by atoms with Crippen LogP contribution in [0.1, 0.15) is 21.8 Å². The lowest BCUT2D eigenvalue weighted by Gasteiger charge is -2.05. The molecule has 1 amide bonds. The summed E-state index contributed by atoms with van der Waals surface area (Å²) >= 11 is 1.62. The Bertz CT molecular complexity index is 558. The minimum absolute atomic E-state index is 0.0849. The second kappa shape index (κ2) is 6.02. The normalized spacial score (nSPS) is 10.7. The molecular weight excluding hydrogens is 258 g/mol. The molecule has 0 unspecified atom stereocenters. The molecular formula is C14H19N3OS. The first-order valence-electron chi connectivity index (χ1n) is 6.36. The predicted octanol–water partition coefficient (Wildman–Crippen LogP) is 2.00. The maximum absolute atomic E-state index is 11.8. The van der Waals surface area contributed by atoms with Crippen molar-refractivity contribution in [2.75, 3.05) is 6.54 Å². The highest BCUT2D eigenvalue weighted by molar-refractivity contribution is 7.10. The van der Waals surface area contributed by atoms with E-state index in [1.807, 2.05) is 36.2 Å². The van der Waals surface area contributed by atoms with Gasteiger partial charge in [-0.25, -0.2) is 0 Å². The van der Waals surface area contributed by atoms with E-state index in [1.165, 1.54) is 11.3 Å². The van der Waals surface area contributed by atoms with Gasteiger partial charge >= 0.3 is 0 Å². The molecule has 5 heteroatoms. The number of nitrogens with one attached hydrogen (secondary N) is 1. The lowest BCUT2D eigenvalue weighted by molar-refractivity contribution is -0.120. The van der Waals surface area contributed by atoms with Crippen LogP contribution in [-0.2, 0) is 24.7 Å². The molecule has 19 heavy (non-hydrogen) atoms. The number of rotatable bonds is 5. The largest absolute Gasteiger partial charge is 0.355 e. The molecule has 2 aromatic heterocycles. The topological polar surface area (TPSA) is 46.9 Å². The Balaban J connectivity index is 1.81. The Labute approximate surface area is 117 Å². The van der Waals surface area contributed by atoms with Crippen LogP contribution in [0.3, 0.4) is 0 Å². The highest BCUT2D eigenvalue weighted by Crippen LogP contribution is 2.12. The minimum atomic E-state index is 0.0849. The summed E-state index contributed by atoms with van der Waals surface area (Å²) in [4.78, 5) is 12.9. The molecule has 0 radical (unpaired) electrons. The summed E-state index contributed by atoms with van der Waals surface area (Å²) in [7, 11) is 1.95. The van der Waals surface area contributed by atoms with E-state index in [1.54, 1.807) is 11.3 Å². The molecule has 2 rings (SSSR count). The van der Waals surface area contributed by atoms with Crippen molar-refractivity contribution in [3.63, 3.8) is 0 Å². The third-order valence-electron chi connectivity index (χ3n) is 3.27. The number of carbonyl (C=O) groups excluding carboxylic acids is 1. The van der Waals surface area contributed by atoms with Crippen molar-refractivity contribution in [2.45, 2.75) is 26.7 Å². The molecule has 0 aliphatic carbocycles. The smallest absolute Gasteiger partial charge is 0.225 e. The quantitative estimate of drug-likeness (QED) is 0.908. The molecule has 0 saturated carbocycles. The van der Waals surface area contributed by atoms with Crippen molar-refractivity contribution in [3.05, 3.63) is 39.3 Å². The van der Waals surface area contributed by atoms with Crippen molar-refractivity contribution in [2.24, 2.45) is 7.05 Å². The Morgan fingerprint density at radius 1 is 1.47 bits per heavy atom. The zero-order chi connectivity index (χ0) is 13.8. The van der Waals surface area contributed by atoms with Crippen LogP contribution in [0.5, 0.6) is 0 Å². The number of nitrogens with zero attached hydrogens (tertiary/aromatic N) is 2. The van der Waals surface area contributed by atoms with Gasteiger partial charge in [0.05, 0.1) is 12.1 Å². The van der Waals surface area contributed by atoms with Gasteiger partial charge in [-0.1, -0.05) is 6.07 Å². The summed E-state index contributed by atoms with van der Waals surface area (Å²) in [5.41, 5.74) is 3.46. The van der Waals surface area contributed by atoms with Crippen molar-refractivity contribution in [1.29, 1.82) is 0 Å². The number of aromatic nitrogens is 2. The van der Waals surface area contributed by atoms with Gasteiger partial charge in [-0.15, -0.1) is 11.3 Å². The molecule has 0 bridgehead atoms. The Hall–Kier alpha value is -1.62. The van der Waals surface area contributed by atoms with Crippen LogP contribution in [0.2, 0.25) is 0 Å². The van der Waals surface area contributed by atoms with Crippen LogP contribution in [0.15, 0.2) is 17.5 Å². The molecule has 0 saturated heterocycles. The summed E-state index contributed by atoms with van der Waals surface area (Å²) in [6.07, 6.45) is 1.31. The van der Waals surface area contributed by atoms with Crippen molar-refractivity contribution < 1.29 is 4.79 Å². The molecule has 4 nitrogen and oxygen atoms in total. The lowest BCUT2D eigenvalue weighted by Crippen LogP contribution is -2.27. The van der Waals surface area contributed by atoms with E-state index < -0.39 is 0 Å². The van der Waals surface area contributed by atoms with Crippen LogP contribution in [-0.4, -0.2) is 22.2 Å². The first kappa shape index (κ1) is 13.8. The van der Waals surface area contributed by atoms with Gasteiger partial charge in [0, 0.05) is 24.2 Å². The molecule has 2 aromatic rings. The van der Waals surface area contributed by atoms with E-state index in [0.717, 1.165) is 17.0 Å². The van der Waals surface area contributed by atoms with Gasteiger partial charge in [0.1, 0.15) is 0 Å². The summed E-state index contributed by atoms with van der Waals surface area (Å²) in [6.45, 7) is 4.73. The Morgan fingerprint density at radius 3 is 2.84 bits per heavy atom. The molecule has 0 aromatic carbocycles. The number of amides is 1. The third-order valence-corrected chi connectivity index (χ3v) is 4.15. The molecule has 102 valence electrons.